The van der Waals surface area contributed by atoms with E-state index in [0.717, 1.165) is 17.8 Å². The smallest absolute Gasteiger partial charge is 0.355 e. The standard InChI is InChI=1S/C12H13N3O2S/c13-8-5-10(15(6-8)9-1-2-9)12(16)17-7-11-14-3-4-18-11/h3-6,9H,1-2,7,13H2. The molecule has 0 unspecified atom stereocenters. The highest BCUT2D eigenvalue weighted by molar-refractivity contribution is 7.09. The van der Waals surface area contributed by atoms with Crippen LogP contribution in [0.25, 0.3) is 0 Å². The second-order valence-electron chi connectivity index (χ2n) is 4.30. The van der Waals surface area contributed by atoms with Gasteiger partial charge in [-0.15, -0.1) is 11.3 Å². The first kappa shape index (κ1) is 11.3. The Balaban J connectivity index is 1.71. The molecule has 2 aromatic rings. The molecule has 2 heterocycles. The minimum absolute atomic E-state index is 0.215. The van der Waals surface area contributed by atoms with E-state index in [-0.39, 0.29) is 12.6 Å². The van der Waals surface area contributed by atoms with Crippen LogP contribution in [0, 0.1) is 0 Å². The lowest BCUT2D eigenvalue weighted by Gasteiger charge is -2.06. The maximum atomic E-state index is 12.0. The maximum Gasteiger partial charge on any atom is 0.355 e. The van der Waals surface area contributed by atoms with E-state index < -0.39 is 0 Å². The van der Waals surface area contributed by atoms with E-state index >= 15 is 0 Å². The van der Waals surface area contributed by atoms with E-state index in [1.54, 1.807) is 18.5 Å². The third kappa shape index (κ3) is 2.24. The molecule has 3 rings (SSSR count). The van der Waals surface area contributed by atoms with Crippen LogP contribution in [0.2, 0.25) is 0 Å². The molecule has 0 atom stereocenters. The summed E-state index contributed by atoms with van der Waals surface area (Å²) in [7, 11) is 0. The lowest BCUT2D eigenvalue weighted by molar-refractivity contribution is 0.0459. The average Bonchev–Trinajstić information content (AvgIpc) is 2.92. The van der Waals surface area contributed by atoms with Crippen molar-refractivity contribution in [1.82, 2.24) is 9.55 Å². The van der Waals surface area contributed by atoms with Crippen molar-refractivity contribution in [3.8, 4) is 0 Å². The lowest BCUT2D eigenvalue weighted by atomic mass is 10.4. The van der Waals surface area contributed by atoms with Crippen LogP contribution in [0.1, 0.15) is 34.4 Å². The third-order valence-electron chi connectivity index (χ3n) is 2.83. The molecule has 94 valence electrons. The van der Waals surface area contributed by atoms with Gasteiger partial charge >= 0.3 is 5.97 Å². The number of hydrogen-bond donors (Lipinski definition) is 1. The average molecular weight is 263 g/mol. The molecule has 5 nitrogen and oxygen atoms in total. The number of thiazole rings is 1. The van der Waals surface area contributed by atoms with Crippen molar-refractivity contribution >= 4 is 23.0 Å². The number of anilines is 1. The van der Waals surface area contributed by atoms with E-state index in [1.807, 2.05) is 9.95 Å². The number of hydrogen-bond acceptors (Lipinski definition) is 5. The Labute approximate surface area is 108 Å². The van der Waals surface area contributed by atoms with Crippen LogP contribution in [0.5, 0.6) is 0 Å². The molecule has 0 spiro atoms. The summed E-state index contributed by atoms with van der Waals surface area (Å²) < 4.78 is 7.15. The fourth-order valence-electron chi connectivity index (χ4n) is 1.84. The SMILES string of the molecule is Nc1cc(C(=O)OCc2nccs2)n(C2CC2)c1. The van der Waals surface area contributed by atoms with Gasteiger partial charge in [-0.2, -0.15) is 0 Å². The van der Waals surface area contributed by atoms with E-state index in [0.29, 0.717) is 17.4 Å². The first-order valence-corrected chi connectivity index (χ1v) is 6.65. The Morgan fingerprint density at radius 2 is 2.44 bits per heavy atom. The third-order valence-corrected chi connectivity index (χ3v) is 3.58. The van der Waals surface area contributed by atoms with Gasteiger partial charge < -0.3 is 15.0 Å². The van der Waals surface area contributed by atoms with Crippen molar-refractivity contribution in [2.45, 2.75) is 25.5 Å². The molecule has 0 amide bonds. The van der Waals surface area contributed by atoms with Gasteiger partial charge in [-0.1, -0.05) is 0 Å². The van der Waals surface area contributed by atoms with Crippen LogP contribution in [0.15, 0.2) is 23.8 Å². The highest BCUT2D eigenvalue weighted by Gasteiger charge is 2.28. The van der Waals surface area contributed by atoms with Crippen molar-refractivity contribution in [2.24, 2.45) is 0 Å². The molecule has 0 aromatic carbocycles. The van der Waals surface area contributed by atoms with Crippen LogP contribution < -0.4 is 5.73 Å². The molecule has 2 aromatic heterocycles. The number of esters is 1. The summed E-state index contributed by atoms with van der Waals surface area (Å²) in [5.74, 6) is -0.339. The Bertz CT molecular complexity index is 558. The molecule has 1 saturated carbocycles. The van der Waals surface area contributed by atoms with Gasteiger partial charge in [-0.05, 0) is 18.9 Å². The summed E-state index contributed by atoms with van der Waals surface area (Å²) in [5.41, 5.74) is 6.87. The minimum Gasteiger partial charge on any atom is -0.454 e. The van der Waals surface area contributed by atoms with Crippen LogP contribution in [-0.4, -0.2) is 15.5 Å². The number of carbonyl (C=O) groups is 1. The first-order chi connectivity index (χ1) is 8.74. The van der Waals surface area contributed by atoms with E-state index in [1.165, 1.54) is 11.3 Å². The van der Waals surface area contributed by atoms with E-state index in [9.17, 15) is 4.79 Å². The van der Waals surface area contributed by atoms with Crippen molar-refractivity contribution < 1.29 is 9.53 Å². The Morgan fingerprint density at radius 3 is 3.11 bits per heavy atom. The number of carbonyl (C=O) groups excluding carboxylic acids is 1. The molecule has 1 fully saturated rings. The monoisotopic (exact) mass is 263 g/mol. The minimum atomic E-state index is -0.339. The molecule has 18 heavy (non-hydrogen) atoms. The van der Waals surface area contributed by atoms with Crippen molar-refractivity contribution in [3.63, 3.8) is 0 Å². The molecule has 6 heteroatoms. The summed E-state index contributed by atoms with van der Waals surface area (Å²) in [4.78, 5) is 16.1. The summed E-state index contributed by atoms with van der Waals surface area (Å²) in [6.07, 6.45) is 5.69. The van der Waals surface area contributed by atoms with Gasteiger partial charge in [0.25, 0.3) is 0 Å². The first-order valence-electron chi connectivity index (χ1n) is 5.77. The number of ether oxygens (including phenoxy) is 1. The zero-order valence-electron chi connectivity index (χ0n) is 9.70. The molecular formula is C12H13N3O2S. The Kier molecular flexibility index (Phi) is 2.79. The van der Waals surface area contributed by atoms with Crippen LogP contribution in [0.3, 0.4) is 0 Å². The molecule has 0 radical (unpaired) electrons. The molecule has 2 N–H and O–H groups in total. The number of rotatable bonds is 4. The van der Waals surface area contributed by atoms with Gasteiger partial charge in [0.15, 0.2) is 0 Å². The number of nitrogens with two attached hydrogens (primary N) is 1. The molecule has 1 aliphatic rings. The van der Waals surface area contributed by atoms with Gasteiger partial charge in [-0.3, -0.25) is 0 Å². The highest BCUT2D eigenvalue weighted by Crippen LogP contribution is 2.37. The number of aromatic nitrogens is 2. The van der Waals surface area contributed by atoms with Crippen molar-refractivity contribution in [3.05, 3.63) is 34.5 Å². The highest BCUT2D eigenvalue weighted by atomic mass is 32.1. The summed E-state index contributed by atoms with van der Waals surface area (Å²) >= 11 is 1.47. The topological polar surface area (TPSA) is 70.1 Å². The maximum absolute atomic E-state index is 12.0. The zero-order valence-corrected chi connectivity index (χ0v) is 10.5. The fraction of sp³-hybridized carbons (Fsp3) is 0.333. The second kappa shape index (κ2) is 4.45. The normalized spacial score (nSPS) is 14.7. The predicted octanol–water partition coefficient (Wildman–Crippen LogP) is 2.22. The largest absolute Gasteiger partial charge is 0.454 e. The van der Waals surface area contributed by atoms with Gasteiger partial charge in [-0.25, -0.2) is 9.78 Å². The molecule has 1 aliphatic carbocycles. The number of nitrogen functional groups attached to an aromatic ring is 1. The zero-order chi connectivity index (χ0) is 12.5. The molecular weight excluding hydrogens is 250 g/mol. The second-order valence-corrected chi connectivity index (χ2v) is 5.28. The molecule has 0 saturated heterocycles. The van der Waals surface area contributed by atoms with Crippen LogP contribution in [-0.2, 0) is 11.3 Å². The van der Waals surface area contributed by atoms with Crippen LogP contribution in [0.4, 0.5) is 5.69 Å². The van der Waals surface area contributed by atoms with Gasteiger partial charge in [0, 0.05) is 23.8 Å². The van der Waals surface area contributed by atoms with Gasteiger partial charge in [0.2, 0.25) is 0 Å². The number of nitrogens with zero attached hydrogens (tertiary/aromatic N) is 2. The summed E-state index contributed by atoms with van der Waals surface area (Å²) in [6.45, 7) is 0.215. The van der Waals surface area contributed by atoms with Crippen molar-refractivity contribution in [1.29, 1.82) is 0 Å². The Morgan fingerprint density at radius 1 is 1.61 bits per heavy atom. The Hall–Kier alpha value is -1.82. The molecule has 0 aliphatic heterocycles. The lowest BCUT2D eigenvalue weighted by Crippen LogP contribution is -2.10. The van der Waals surface area contributed by atoms with E-state index in [2.05, 4.69) is 4.98 Å². The van der Waals surface area contributed by atoms with Crippen molar-refractivity contribution in [2.75, 3.05) is 5.73 Å². The fourth-order valence-corrected chi connectivity index (χ4v) is 2.37. The summed E-state index contributed by atoms with van der Waals surface area (Å²) in [5, 5.41) is 2.65. The van der Waals surface area contributed by atoms with Gasteiger partial charge in [0.05, 0.1) is 5.69 Å². The van der Waals surface area contributed by atoms with Crippen LogP contribution >= 0.6 is 11.3 Å². The summed E-state index contributed by atoms with van der Waals surface area (Å²) in [6, 6.07) is 2.08. The quantitative estimate of drug-likeness (QED) is 0.859. The molecule has 0 bridgehead atoms. The predicted molar refractivity (Wildman–Crippen MR) is 68.3 cm³/mol. The van der Waals surface area contributed by atoms with E-state index in [4.69, 9.17) is 10.5 Å². The van der Waals surface area contributed by atoms with Gasteiger partial charge in [0.1, 0.15) is 17.3 Å².